The van der Waals surface area contributed by atoms with Crippen molar-refractivity contribution in [1.29, 1.82) is 0 Å². The van der Waals surface area contributed by atoms with Crippen molar-refractivity contribution < 1.29 is 4.42 Å². The molecule has 10 aromatic carbocycles. The van der Waals surface area contributed by atoms with E-state index in [-0.39, 0.29) is 0 Å². The second kappa shape index (κ2) is 13.2. The summed E-state index contributed by atoms with van der Waals surface area (Å²) < 4.78 is 6.54. The van der Waals surface area contributed by atoms with Crippen molar-refractivity contribution in [2.24, 2.45) is 0 Å². The third-order valence-corrected chi connectivity index (χ3v) is 11.2. The van der Waals surface area contributed by atoms with Crippen LogP contribution in [0.1, 0.15) is 0 Å². The van der Waals surface area contributed by atoms with E-state index >= 15 is 0 Å². The lowest BCUT2D eigenvalue weighted by molar-refractivity contribution is 0.673. The molecule has 1 heterocycles. The molecule has 0 spiro atoms. The number of hydrogen-bond acceptors (Lipinski definition) is 2. The predicted molar refractivity (Wildman–Crippen MR) is 237 cm³/mol. The van der Waals surface area contributed by atoms with Gasteiger partial charge in [0.25, 0.3) is 0 Å². The first-order valence-electron chi connectivity index (χ1n) is 19.2. The van der Waals surface area contributed by atoms with E-state index in [1.807, 2.05) is 6.07 Å². The van der Waals surface area contributed by atoms with Crippen LogP contribution < -0.4 is 4.90 Å². The van der Waals surface area contributed by atoms with E-state index in [0.717, 1.165) is 55.3 Å². The second-order valence-corrected chi connectivity index (χ2v) is 14.5. The molecule has 56 heavy (non-hydrogen) atoms. The molecule has 0 radical (unpaired) electrons. The van der Waals surface area contributed by atoms with Crippen LogP contribution in [0.15, 0.2) is 217 Å². The highest BCUT2D eigenvalue weighted by Gasteiger charge is 2.20. The first-order chi connectivity index (χ1) is 27.8. The molecule has 1 aromatic heterocycles. The summed E-state index contributed by atoms with van der Waals surface area (Å²) in [6.45, 7) is 0. The Hall–Kier alpha value is -7.42. The number of benzene rings is 10. The highest BCUT2D eigenvalue weighted by atomic mass is 16.3. The second-order valence-electron chi connectivity index (χ2n) is 14.5. The van der Waals surface area contributed by atoms with Gasteiger partial charge in [-0.1, -0.05) is 164 Å². The summed E-state index contributed by atoms with van der Waals surface area (Å²) in [6, 6.07) is 76.4. The number of nitrogens with zero attached hydrogens (tertiary/aromatic N) is 1. The van der Waals surface area contributed by atoms with Gasteiger partial charge in [-0.15, -0.1) is 0 Å². The van der Waals surface area contributed by atoms with Gasteiger partial charge in [-0.3, -0.25) is 0 Å². The quantitative estimate of drug-likeness (QED) is 0.160. The van der Waals surface area contributed by atoms with Crippen molar-refractivity contribution in [1.82, 2.24) is 0 Å². The maximum absolute atomic E-state index is 6.54. The van der Waals surface area contributed by atoms with E-state index < -0.39 is 0 Å². The summed E-state index contributed by atoms with van der Waals surface area (Å²) in [4.78, 5) is 2.39. The van der Waals surface area contributed by atoms with Crippen LogP contribution in [0.5, 0.6) is 0 Å². The van der Waals surface area contributed by atoms with Gasteiger partial charge >= 0.3 is 0 Å². The Morgan fingerprint density at radius 2 is 0.821 bits per heavy atom. The molecule has 0 amide bonds. The van der Waals surface area contributed by atoms with E-state index in [9.17, 15) is 0 Å². The van der Waals surface area contributed by atoms with E-state index in [2.05, 4.69) is 211 Å². The normalized spacial score (nSPS) is 11.6. The minimum Gasteiger partial charge on any atom is -0.455 e. The SMILES string of the molecule is c1ccc(-c2ccccc2N(c2ccc(-c3cc4ccccc4c4ccccc34)cc2)c2ccc(-c3cc4ccccc4c4oc5ccccc5c34)cc2)cc1. The molecule has 0 aliphatic rings. The molecule has 262 valence electrons. The van der Waals surface area contributed by atoms with Crippen LogP contribution in [0, 0.1) is 0 Å². The minimum atomic E-state index is 0.903. The first-order valence-corrected chi connectivity index (χ1v) is 19.2. The fourth-order valence-electron chi connectivity index (χ4n) is 8.62. The molecule has 2 nitrogen and oxygen atoms in total. The average Bonchev–Trinajstić information content (AvgIpc) is 3.67. The van der Waals surface area contributed by atoms with Gasteiger partial charge in [-0.05, 0) is 103 Å². The zero-order chi connectivity index (χ0) is 37.0. The van der Waals surface area contributed by atoms with E-state index in [4.69, 9.17) is 4.42 Å². The van der Waals surface area contributed by atoms with Crippen molar-refractivity contribution in [2.45, 2.75) is 0 Å². The Bertz CT molecular complexity index is 3230. The van der Waals surface area contributed by atoms with E-state index in [1.165, 1.54) is 49.4 Å². The Morgan fingerprint density at radius 3 is 1.55 bits per heavy atom. The fourth-order valence-corrected chi connectivity index (χ4v) is 8.62. The minimum absolute atomic E-state index is 0.903. The molecule has 11 aromatic rings. The zero-order valence-electron chi connectivity index (χ0n) is 30.6. The summed E-state index contributed by atoms with van der Waals surface area (Å²) in [5.41, 5.74) is 12.2. The lowest BCUT2D eigenvalue weighted by Gasteiger charge is -2.28. The van der Waals surface area contributed by atoms with Gasteiger partial charge in [-0.2, -0.15) is 0 Å². The number of furan rings is 1. The third-order valence-electron chi connectivity index (χ3n) is 11.2. The van der Waals surface area contributed by atoms with E-state index in [1.54, 1.807) is 0 Å². The molecule has 0 atom stereocenters. The van der Waals surface area contributed by atoms with Gasteiger partial charge < -0.3 is 9.32 Å². The summed E-state index contributed by atoms with van der Waals surface area (Å²) in [6.07, 6.45) is 0. The average molecular weight is 714 g/mol. The first kappa shape index (κ1) is 32.0. The molecular weight excluding hydrogens is 679 g/mol. The number of anilines is 3. The molecular formula is C54H35NO. The largest absolute Gasteiger partial charge is 0.455 e. The summed E-state index contributed by atoms with van der Waals surface area (Å²) in [5.74, 6) is 0. The van der Waals surface area contributed by atoms with Crippen LogP contribution in [0.3, 0.4) is 0 Å². The van der Waals surface area contributed by atoms with Gasteiger partial charge in [0, 0.05) is 33.1 Å². The Morgan fingerprint density at radius 1 is 0.321 bits per heavy atom. The highest BCUT2D eigenvalue weighted by molar-refractivity contribution is 6.21. The van der Waals surface area contributed by atoms with Gasteiger partial charge in [0.2, 0.25) is 0 Å². The smallest absolute Gasteiger partial charge is 0.143 e. The van der Waals surface area contributed by atoms with Crippen LogP contribution in [0.4, 0.5) is 17.1 Å². The summed E-state index contributed by atoms with van der Waals surface area (Å²) in [5, 5.41) is 9.63. The number of para-hydroxylation sites is 2. The fraction of sp³-hybridized carbons (Fsp3) is 0. The molecule has 0 saturated carbocycles. The summed E-state index contributed by atoms with van der Waals surface area (Å²) >= 11 is 0. The van der Waals surface area contributed by atoms with Crippen molar-refractivity contribution in [3.05, 3.63) is 212 Å². The molecule has 0 aliphatic heterocycles. The number of fused-ring (bicyclic) bond motifs is 8. The third kappa shape index (κ3) is 5.26. The van der Waals surface area contributed by atoms with Crippen molar-refractivity contribution in [2.75, 3.05) is 4.90 Å². The van der Waals surface area contributed by atoms with Gasteiger partial charge in [-0.25, -0.2) is 0 Å². The topological polar surface area (TPSA) is 16.4 Å². The van der Waals surface area contributed by atoms with Crippen molar-refractivity contribution >= 4 is 71.3 Å². The van der Waals surface area contributed by atoms with Gasteiger partial charge in [0.15, 0.2) is 0 Å². The number of rotatable bonds is 6. The van der Waals surface area contributed by atoms with Crippen molar-refractivity contribution in [3.63, 3.8) is 0 Å². The molecule has 0 aliphatic carbocycles. The molecule has 0 N–H and O–H groups in total. The molecule has 0 unspecified atom stereocenters. The molecule has 0 fully saturated rings. The monoisotopic (exact) mass is 713 g/mol. The maximum Gasteiger partial charge on any atom is 0.143 e. The van der Waals surface area contributed by atoms with Crippen LogP contribution in [-0.4, -0.2) is 0 Å². The lowest BCUT2D eigenvalue weighted by atomic mass is 9.93. The maximum atomic E-state index is 6.54. The summed E-state index contributed by atoms with van der Waals surface area (Å²) in [7, 11) is 0. The Labute approximate surface area is 325 Å². The Balaban J connectivity index is 1.07. The highest BCUT2D eigenvalue weighted by Crippen LogP contribution is 2.45. The Kier molecular flexibility index (Phi) is 7.53. The zero-order valence-corrected chi connectivity index (χ0v) is 30.6. The van der Waals surface area contributed by atoms with Gasteiger partial charge in [0.05, 0.1) is 5.69 Å². The molecule has 0 saturated heterocycles. The molecule has 2 heteroatoms. The molecule has 0 bridgehead atoms. The number of hydrogen-bond donors (Lipinski definition) is 0. The van der Waals surface area contributed by atoms with Crippen LogP contribution in [0.25, 0.3) is 87.6 Å². The lowest BCUT2D eigenvalue weighted by Crippen LogP contribution is -2.11. The standard InChI is InChI=1S/C54H35NO/c1-2-14-36(15-3-1)44-19-10-12-24-51(44)55(41-30-26-37(27-31-41)49-34-39-16-4-6-18-43(39)46-21-8-9-22-47(46)49)42-32-28-38(29-33-42)50-35-40-17-5-7-20-45(40)54-53(50)48-23-11-13-25-52(48)56-54/h1-35H. The predicted octanol–water partition coefficient (Wildman–Crippen LogP) is 15.5. The molecule has 11 rings (SSSR count). The van der Waals surface area contributed by atoms with Crippen LogP contribution in [-0.2, 0) is 0 Å². The van der Waals surface area contributed by atoms with Crippen molar-refractivity contribution in [3.8, 4) is 33.4 Å². The van der Waals surface area contributed by atoms with E-state index in [0.29, 0.717) is 0 Å². The van der Waals surface area contributed by atoms with Crippen LogP contribution >= 0.6 is 0 Å². The van der Waals surface area contributed by atoms with Crippen LogP contribution in [0.2, 0.25) is 0 Å². The van der Waals surface area contributed by atoms with Gasteiger partial charge in [0.1, 0.15) is 11.2 Å².